The van der Waals surface area contributed by atoms with Crippen LogP contribution in [-0.2, 0) is 14.4 Å². The molecule has 1 saturated heterocycles. The Morgan fingerprint density at radius 3 is 2.78 bits per heavy atom. The Labute approximate surface area is 138 Å². The number of hydrogen-bond donors (Lipinski definition) is 3. The van der Waals surface area contributed by atoms with Crippen LogP contribution >= 0.6 is 11.6 Å². The number of amides is 3. The molecule has 23 heavy (non-hydrogen) atoms. The fourth-order valence-electron chi connectivity index (χ4n) is 2.28. The first-order valence-electron chi connectivity index (χ1n) is 7.33. The van der Waals surface area contributed by atoms with Crippen molar-refractivity contribution in [3.05, 3.63) is 23.2 Å². The monoisotopic (exact) mass is 339 g/mol. The summed E-state index contributed by atoms with van der Waals surface area (Å²) < 4.78 is 0. The molecule has 1 fully saturated rings. The molecule has 3 N–H and O–H groups in total. The summed E-state index contributed by atoms with van der Waals surface area (Å²) in [7, 11) is 0. The Hall–Kier alpha value is -2.28. The molecule has 1 aliphatic rings. The number of aromatic hydroxyl groups is 1. The van der Waals surface area contributed by atoms with Crippen molar-refractivity contribution in [1.29, 1.82) is 0 Å². The number of phenolic OH excluding ortho intramolecular Hbond substituents is 1. The van der Waals surface area contributed by atoms with E-state index in [9.17, 15) is 19.5 Å². The second kappa shape index (κ2) is 7.82. The van der Waals surface area contributed by atoms with E-state index in [4.69, 9.17) is 11.6 Å². The lowest BCUT2D eigenvalue weighted by Gasteiger charge is -2.15. The molecule has 7 nitrogen and oxygen atoms in total. The molecule has 1 aromatic carbocycles. The number of anilines is 1. The highest BCUT2D eigenvalue weighted by molar-refractivity contribution is 6.40. The quantitative estimate of drug-likeness (QED) is 0.425. The van der Waals surface area contributed by atoms with Crippen molar-refractivity contribution in [1.82, 2.24) is 10.2 Å². The number of carbonyl (C=O) groups is 3. The van der Waals surface area contributed by atoms with Crippen molar-refractivity contribution in [2.45, 2.75) is 19.3 Å². The molecule has 0 saturated carbocycles. The average molecular weight is 340 g/mol. The topological polar surface area (TPSA) is 98.7 Å². The van der Waals surface area contributed by atoms with Gasteiger partial charge in [-0.15, -0.1) is 0 Å². The van der Waals surface area contributed by atoms with Crippen LogP contribution in [-0.4, -0.2) is 47.4 Å². The maximum Gasteiger partial charge on any atom is 0.313 e. The van der Waals surface area contributed by atoms with E-state index in [0.717, 1.165) is 13.0 Å². The molecule has 0 aromatic heterocycles. The fourth-order valence-corrected chi connectivity index (χ4v) is 2.45. The van der Waals surface area contributed by atoms with Gasteiger partial charge in [-0.2, -0.15) is 0 Å². The van der Waals surface area contributed by atoms with E-state index in [1.54, 1.807) is 4.90 Å². The maximum atomic E-state index is 11.7. The van der Waals surface area contributed by atoms with E-state index in [2.05, 4.69) is 10.6 Å². The third-order valence-corrected chi connectivity index (χ3v) is 3.71. The number of nitrogens with one attached hydrogen (secondary N) is 2. The predicted octanol–water partition coefficient (Wildman–Crippen LogP) is 1.11. The predicted molar refractivity (Wildman–Crippen MR) is 85.2 cm³/mol. The third-order valence-electron chi connectivity index (χ3n) is 3.47. The van der Waals surface area contributed by atoms with Gasteiger partial charge in [0.15, 0.2) is 0 Å². The summed E-state index contributed by atoms with van der Waals surface area (Å²) in [6.07, 6.45) is 2.03. The second-order valence-corrected chi connectivity index (χ2v) is 5.65. The lowest BCUT2D eigenvalue weighted by Crippen LogP contribution is -2.37. The van der Waals surface area contributed by atoms with Crippen molar-refractivity contribution < 1.29 is 19.5 Å². The molecular formula is C15H18ClN3O4. The molecule has 1 aliphatic heterocycles. The van der Waals surface area contributed by atoms with E-state index >= 15 is 0 Å². The molecule has 8 heteroatoms. The highest BCUT2D eigenvalue weighted by Gasteiger charge is 2.19. The molecule has 0 unspecified atom stereocenters. The number of phenols is 1. The van der Waals surface area contributed by atoms with Crippen molar-refractivity contribution in [2.75, 3.05) is 25.0 Å². The second-order valence-electron chi connectivity index (χ2n) is 5.21. The van der Waals surface area contributed by atoms with Gasteiger partial charge in [-0.25, -0.2) is 0 Å². The van der Waals surface area contributed by atoms with Crippen LogP contribution < -0.4 is 10.6 Å². The summed E-state index contributed by atoms with van der Waals surface area (Å²) in [5.74, 6) is -1.74. The molecule has 0 bridgehead atoms. The number of likely N-dealkylation sites (tertiary alicyclic amines) is 1. The Morgan fingerprint density at radius 2 is 2.09 bits per heavy atom. The summed E-state index contributed by atoms with van der Waals surface area (Å²) in [5.41, 5.74) is 0.0697. The van der Waals surface area contributed by atoms with Crippen LogP contribution in [0.4, 0.5) is 5.69 Å². The minimum absolute atomic E-state index is 0.0697. The lowest BCUT2D eigenvalue weighted by molar-refractivity contribution is -0.136. The first-order valence-corrected chi connectivity index (χ1v) is 7.70. The minimum Gasteiger partial charge on any atom is -0.506 e. The van der Waals surface area contributed by atoms with Gasteiger partial charge < -0.3 is 20.6 Å². The molecule has 2 rings (SSSR count). The van der Waals surface area contributed by atoms with Crippen LogP contribution in [0.15, 0.2) is 18.2 Å². The first-order chi connectivity index (χ1) is 11.0. The van der Waals surface area contributed by atoms with Crippen LogP contribution in [0.25, 0.3) is 0 Å². The van der Waals surface area contributed by atoms with Crippen molar-refractivity contribution in [3.8, 4) is 5.75 Å². The van der Waals surface area contributed by atoms with E-state index < -0.39 is 11.8 Å². The van der Waals surface area contributed by atoms with E-state index in [1.165, 1.54) is 18.2 Å². The van der Waals surface area contributed by atoms with Gasteiger partial charge in [-0.1, -0.05) is 11.6 Å². The van der Waals surface area contributed by atoms with Gasteiger partial charge in [0.1, 0.15) is 5.75 Å². The van der Waals surface area contributed by atoms with Gasteiger partial charge in [0, 0.05) is 31.1 Å². The number of hydrogen-bond acceptors (Lipinski definition) is 4. The molecule has 1 heterocycles. The van der Waals surface area contributed by atoms with Gasteiger partial charge in [-0.05, 0) is 31.0 Å². The highest BCUT2D eigenvalue weighted by atomic mass is 35.5. The SMILES string of the molecule is O=C(NCCCN1CCCC1=O)C(=O)Nc1cc(Cl)ccc1O. The van der Waals surface area contributed by atoms with E-state index in [-0.39, 0.29) is 23.9 Å². The Bertz CT molecular complexity index is 621. The molecular weight excluding hydrogens is 322 g/mol. The third kappa shape index (κ3) is 4.85. The molecule has 0 radical (unpaired) electrons. The van der Waals surface area contributed by atoms with Crippen LogP contribution in [0.2, 0.25) is 5.02 Å². The fraction of sp³-hybridized carbons (Fsp3) is 0.400. The van der Waals surface area contributed by atoms with Gasteiger partial charge in [-0.3, -0.25) is 14.4 Å². The molecule has 0 aliphatic carbocycles. The lowest BCUT2D eigenvalue weighted by atomic mass is 10.3. The van der Waals surface area contributed by atoms with Crippen LogP contribution in [0.5, 0.6) is 5.75 Å². The number of carbonyl (C=O) groups excluding carboxylic acids is 3. The summed E-state index contributed by atoms with van der Waals surface area (Å²) >= 11 is 5.76. The van der Waals surface area contributed by atoms with Crippen LogP contribution in [0.3, 0.4) is 0 Å². The average Bonchev–Trinajstić information content (AvgIpc) is 2.92. The highest BCUT2D eigenvalue weighted by Crippen LogP contribution is 2.26. The number of nitrogens with zero attached hydrogens (tertiary/aromatic N) is 1. The summed E-state index contributed by atoms with van der Waals surface area (Å²) in [6, 6.07) is 4.14. The molecule has 1 aromatic rings. The van der Waals surface area contributed by atoms with Crippen LogP contribution in [0, 0.1) is 0 Å². The zero-order chi connectivity index (χ0) is 16.8. The van der Waals surface area contributed by atoms with Crippen molar-refractivity contribution in [2.24, 2.45) is 0 Å². The number of rotatable bonds is 5. The minimum atomic E-state index is -0.889. The number of benzene rings is 1. The van der Waals surface area contributed by atoms with E-state index in [1.807, 2.05) is 0 Å². The molecule has 124 valence electrons. The summed E-state index contributed by atoms with van der Waals surface area (Å²) in [6.45, 7) is 1.61. The van der Waals surface area contributed by atoms with Gasteiger partial charge in [0.05, 0.1) is 5.69 Å². The Morgan fingerprint density at radius 1 is 1.30 bits per heavy atom. The van der Waals surface area contributed by atoms with Gasteiger partial charge in [0.2, 0.25) is 5.91 Å². The Kier molecular flexibility index (Phi) is 5.81. The number of halogens is 1. The standard InChI is InChI=1S/C15H18ClN3O4/c16-10-4-5-12(20)11(9-10)18-15(23)14(22)17-6-2-8-19-7-1-3-13(19)21/h4-5,9,20H,1-3,6-8H2,(H,17,22)(H,18,23). The zero-order valence-electron chi connectivity index (χ0n) is 12.5. The van der Waals surface area contributed by atoms with Crippen molar-refractivity contribution in [3.63, 3.8) is 0 Å². The molecule has 0 spiro atoms. The van der Waals surface area contributed by atoms with E-state index in [0.29, 0.717) is 24.4 Å². The van der Waals surface area contributed by atoms with Gasteiger partial charge >= 0.3 is 11.8 Å². The normalized spacial score (nSPS) is 14.0. The van der Waals surface area contributed by atoms with Crippen LogP contribution in [0.1, 0.15) is 19.3 Å². The molecule has 3 amide bonds. The summed E-state index contributed by atoms with van der Waals surface area (Å²) in [5, 5.41) is 14.7. The maximum absolute atomic E-state index is 11.7. The molecule has 0 atom stereocenters. The van der Waals surface area contributed by atoms with Gasteiger partial charge in [0.25, 0.3) is 0 Å². The smallest absolute Gasteiger partial charge is 0.313 e. The summed E-state index contributed by atoms with van der Waals surface area (Å²) in [4.78, 5) is 36.6. The zero-order valence-corrected chi connectivity index (χ0v) is 13.2. The first kappa shape index (κ1) is 17.1. The Balaban J connectivity index is 1.73. The van der Waals surface area contributed by atoms with Crippen molar-refractivity contribution >= 4 is 35.0 Å². The largest absolute Gasteiger partial charge is 0.506 e.